The molecule has 0 spiro atoms. The van der Waals surface area contributed by atoms with Crippen LogP contribution in [-0.2, 0) is 5.54 Å². The van der Waals surface area contributed by atoms with Crippen LogP contribution in [0.3, 0.4) is 0 Å². The van der Waals surface area contributed by atoms with Crippen LogP contribution in [0.5, 0.6) is 0 Å². The van der Waals surface area contributed by atoms with Crippen LogP contribution >= 0.6 is 28.3 Å². The van der Waals surface area contributed by atoms with E-state index in [4.69, 9.17) is 5.73 Å². The minimum absolute atomic E-state index is 0. The molecule has 0 atom stereocenters. The summed E-state index contributed by atoms with van der Waals surface area (Å²) in [4.78, 5) is 4.34. The van der Waals surface area contributed by atoms with Gasteiger partial charge < -0.3 is 5.73 Å². The van der Waals surface area contributed by atoms with E-state index in [1.807, 2.05) is 32.9 Å². The standard InChI is InChI=1S/C9H13BrN2.ClH/c1-6-4-5-7(10)12-8(6)9(2,3)11;/h4-5H,11H2,1-3H3;1H. The third-order valence-corrected chi connectivity index (χ3v) is 2.11. The lowest BCUT2D eigenvalue weighted by Gasteiger charge is -2.20. The molecule has 2 nitrogen and oxygen atoms in total. The van der Waals surface area contributed by atoms with E-state index >= 15 is 0 Å². The van der Waals surface area contributed by atoms with Crippen molar-refractivity contribution in [3.63, 3.8) is 0 Å². The van der Waals surface area contributed by atoms with Crippen molar-refractivity contribution in [3.05, 3.63) is 28.0 Å². The highest BCUT2D eigenvalue weighted by molar-refractivity contribution is 9.10. The predicted octanol–water partition coefficient (Wildman–Crippen LogP) is 2.77. The molecule has 1 aromatic heterocycles. The third-order valence-electron chi connectivity index (χ3n) is 1.67. The van der Waals surface area contributed by atoms with Gasteiger partial charge in [-0.3, -0.25) is 0 Å². The van der Waals surface area contributed by atoms with E-state index < -0.39 is 0 Å². The minimum atomic E-state index is -0.367. The van der Waals surface area contributed by atoms with Gasteiger partial charge in [-0.25, -0.2) is 4.98 Å². The van der Waals surface area contributed by atoms with Gasteiger partial charge in [-0.15, -0.1) is 12.4 Å². The first-order valence-corrected chi connectivity index (χ1v) is 4.63. The molecule has 2 N–H and O–H groups in total. The number of nitrogens with zero attached hydrogens (tertiary/aromatic N) is 1. The Hall–Kier alpha value is -0.120. The molecule has 0 aromatic carbocycles. The zero-order chi connectivity index (χ0) is 9.35. The normalized spacial score (nSPS) is 10.8. The van der Waals surface area contributed by atoms with Crippen molar-refractivity contribution in [1.82, 2.24) is 4.98 Å². The zero-order valence-electron chi connectivity index (χ0n) is 7.97. The Bertz CT molecular complexity index is 294. The summed E-state index contributed by atoms with van der Waals surface area (Å²) in [5.74, 6) is 0. The van der Waals surface area contributed by atoms with E-state index in [9.17, 15) is 0 Å². The lowest BCUT2D eigenvalue weighted by atomic mass is 9.98. The van der Waals surface area contributed by atoms with E-state index in [1.165, 1.54) is 0 Å². The maximum atomic E-state index is 5.94. The molecular weight excluding hydrogens is 251 g/mol. The van der Waals surface area contributed by atoms with Gasteiger partial charge in [0, 0.05) is 0 Å². The van der Waals surface area contributed by atoms with Crippen LogP contribution in [0.15, 0.2) is 16.7 Å². The highest BCUT2D eigenvalue weighted by atomic mass is 79.9. The van der Waals surface area contributed by atoms with Crippen molar-refractivity contribution in [2.75, 3.05) is 0 Å². The smallest absolute Gasteiger partial charge is 0.106 e. The van der Waals surface area contributed by atoms with Crippen LogP contribution in [0.1, 0.15) is 25.1 Å². The van der Waals surface area contributed by atoms with Gasteiger partial charge in [0.05, 0.1) is 11.2 Å². The van der Waals surface area contributed by atoms with Gasteiger partial charge in [-0.1, -0.05) is 6.07 Å². The summed E-state index contributed by atoms with van der Waals surface area (Å²) in [5.41, 5.74) is 7.65. The first-order valence-electron chi connectivity index (χ1n) is 3.84. The Labute approximate surface area is 93.5 Å². The number of rotatable bonds is 1. The molecule has 13 heavy (non-hydrogen) atoms. The Balaban J connectivity index is 0.00000144. The monoisotopic (exact) mass is 264 g/mol. The Kier molecular flexibility index (Phi) is 4.36. The number of aryl methyl sites for hydroxylation is 1. The van der Waals surface area contributed by atoms with Gasteiger partial charge in [-0.2, -0.15) is 0 Å². The van der Waals surface area contributed by atoms with Crippen LogP contribution in [0.2, 0.25) is 0 Å². The third kappa shape index (κ3) is 3.25. The minimum Gasteiger partial charge on any atom is -0.321 e. The van der Waals surface area contributed by atoms with Crippen molar-refractivity contribution < 1.29 is 0 Å². The summed E-state index contributed by atoms with van der Waals surface area (Å²) in [5, 5.41) is 0. The number of hydrogen-bond acceptors (Lipinski definition) is 2. The molecule has 0 aliphatic carbocycles. The van der Waals surface area contributed by atoms with E-state index in [0.29, 0.717) is 0 Å². The summed E-state index contributed by atoms with van der Waals surface area (Å²) >= 11 is 3.32. The number of hydrogen-bond donors (Lipinski definition) is 1. The van der Waals surface area contributed by atoms with Crippen LogP contribution in [0.4, 0.5) is 0 Å². The molecule has 0 bridgehead atoms. The second-order valence-corrected chi connectivity index (χ2v) is 4.33. The predicted molar refractivity (Wildman–Crippen MR) is 61.1 cm³/mol. The second kappa shape index (κ2) is 4.40. The highest BCUT2D eigenvalue weighted by Crippen LogP contribution is 2.20. The zero-order valence-corrected chi connectivity index (χ0v) is 10.4. The topological polar surface area (TPSA) is 38.9 Å². The van der Waals surface area contributed by atoms with Crippen LogP contribution < -0.4 is 5.73 Å². The largest absolute Gasteiger partial charge is 0.321 e. The van der Waals surface area contributed by atoms with Gasteiger partial charge in [0.15, 0.2) is 0 Å². The van der Waals surface area contributed by atoms with E-state index in [0.717, 1.165) is 15.9 Å². The fourth-order valence-corrected chi connectivity index (χ4v) is 1.47. The summed E-state index contributed by atoms with van der Waals surface area (Å²) in [7, 11) is 0. The Morgan fingerprint density at radius 2 is 1.92 bits per heavy atom. The van der Waals surface area contributed by atoms with Crippen LogP contribution in [0, 0.1) is 6.92 Å². The molecule has 74 valence electrons. The van der Waals surface area contributed by atoms with Crippen molar-refractivity contribution in [2.45, 2.75) is 26.3 Å². The molecule has 0 saturated heterocycles. The van der Waals surface area contributed by atoms with Crippen molar-refractivity contribution >= 4 is 28.3 Å². The van der Waals surface area contributed by atoms with Gasteiger partial charge in [0.1, 0.15) is 4.60 Å². The number of halogens is 2. The maximum Gasteiger partial charge on any atom is 0.106 e. The van der Waals surface area contributed by atoms with E-state index in [-0.39, 0.29) is 17.9 Å². The van der Waals surface area contributed by atoms with Gasteiger partial charge in [-0.05, 0) is 48.3 Å². The molecular formula is C9H14BrClN2. The molecule has 0 saturated carbocycles. The second-order valence-electron chi connectivity index (χ2n) is 3.52. The molecule has 1 aromatic rings. The first-order chi connectivity index (χ1) is 5.41. The summed E-state index contributed by atoms with van der Waals surface area (Å²) < 4.78 is 0.835. The van der Waals surface area contributed by atoms with Gasteiger partial charge >= 0.3 is 0 Å². The fourth-order valence-electron chi connectivity index (χ4n) is 1.16. The summed E-state index contributed by atoms with van der Waals surface area (Å²) in [6.07, 6.45) is 0. The van der Waals surface area contributed by atoms with Gasteiger partial charge in [0.25, 0.3) is 0 Å². The van der Waals surface area contributed by atoms with Crippen molar-refractivity contribution in [2.24, 2.45) is 5.73 Å². The maximum absolute atomic E-state index is 5.94. The van der Waals surface area contributed by atoms with Gasteiger partial charge in [0.2, 0.25) is 0 Å². The van der Waals surface area contributed by atoms with Crippen LogP contribution in [0.25, 0.3) is 0 Å². The molecule has 0 aliphatic heterocycles. The molecule has 0 unspecified atom stereocenters. The van der Waals surface area contributed by atoms with Crippen LogP contribution in [-0.4, -0.2) is 4.98 Å². The molecule has 0 amide bonds. The molecule has 0 fully saturated rings. The highest BCUT2D eigenvalue weighted by Gasteiger charge is 2.18. The molecule has 0 radical (unpaired) electrons. The number of aromatic nitrogens is 1. The summed E-state index contributed by atoms with van der Waals surface area (Å²) in [6.45, 7) is 5.92. The molecule has 0 aliphatic rings. The molecule has 1 heterocycles. The lowest BCUT2D eigenvalue weighted by Crippen LogP contribution is -2.30. The van der Waals surface area contributed by atoms with E-state index in [2.05, 4.69) is 20.9 Å². The quantitative estimate of drug-likeness (QED) is 0.793. The number of pyridine rings is 1. The Morgan fingerprint density at radius 1 is 1.38 bits per heavy atom. The SMILES string of the molecule is Cc1ccc(Br)nc1C(C)(C)N.Cl. The lowest BCUT2D eigenvalue weighted by molar-refractivity contribution is 0.530. The van der Waals surface area contributed by atoms with Crippen molar-refractivity contribution in [1.29, 1.82) is 0 Å². The molecule has 1 rings (SSSR count). The Morgan fingerprint density at radius 3 is 2.31 bits per heavy atom. The fraction of sp³-hybridized carbons (Fsp3) is 0.444. The van der Waals surface area contributed by atoms with Crippen molar-refractivity contribution in [3.8, 4) is 0 Å². The molecule has 4 heteroatoms. The number of nitrogens with two attached hydrogens (primary N) is 1. The first kappa shape index (κ1) is 12.9. The summed E-state index contributed by atoms with van der Waals surface area (Å²) in [6, 6.07) is 3.94. The van der Waals surface area contributed by atoms with E-state index in [1.54, 1.807) is 0 Å². The average molecular weight is 266 g/mol. The average Bonchev–Trinajstić information content (AvgIpc) is 1.92.